The monoisotopic (exact) mass is 368 g/mol. The molecule has 0 atom stereocenters. The van der Waals surface area contributed by atoms with E-state index in [2.05, 4.69) is 13.0 Å². The normalized spacial score (nSPS) is 10.9. The van der Waals surface area contributed by atoms with E-state index in [0.717, 1.165) is 27.8 Å². The second kappa shape index (κ2) is 7.79. The van der Waals surface area contributed by atoms with Crippen LogP contribution in [0.15, 0.2) is 51.7 Å². The van der Waals surface area contributed by atoms with E-state index in [0.29, 0.717) is 16.9 Å². The highest BCUT2D eigenvalue weighted by Crippen LogP contribution is 2.26. The molecule has 134 valence electrons. The van der Waals surface area contributed by atoms with Crippen LogP contribution >= 0.6 is 11.8 Å². The zero-order valence-electron chi connectivity index (χ0n) is 15.0. The summed E-state index contributed by atoms with van der Waals surface area (Å²) in [4.78, 5) is 23.3. The van der Waals surface area contributed by atoms with Crippen LogP contribution in [0.5, 0.6) is 0 Å². The largest absolute Gasteiger partial charge is 0.465 e. The van der Waals surface area contributed by atoms with Gasteiger partial charge in [-0.3, -0.25) is 0 Å². The van der Waals surface area contributed by atoms with Crippen molar-refractivity contribution >= 4 is 28.7 Å². The van der Waals surface area contributed by atoms with Crippen molar-refractivity contribution in [1.82, 2.24) is 0 Å². The summed E-state index contributed by atoms with van der Waals surface area (Å²) in [6, 6.07) is 12.9. The van der Waals surface area contributed by atoms with Gasteiger partial charge in [0.15, 0.2) is 0 Å². The number of thioether (sulfide) groups is 1. The maximum absolute atomic E-state index is 11.8. The summed E-state index contributed by atoms with van der Waals surface area (Å²) in [6.45, 7) is 4.06. The van der Waals surface area contributed by atoms with Crippen LogP contribution in [0.4, 0.5) is 0 Å². The summed E-state index contributed by atoms with van der Waals surface area (Å²) < 4.78 is 10.0. The van der Waals surface area contributed by atoms with Crippen molar-refractivity contribution in [3.05, 3.63) is 80.7 Å². The van der Waals surface area contributed by atoms with Gasteiger partial charge < -0.3 is 9.15 Å². The van der Waals surface area contributed by atoms with E-state index in [1.165, 1.54) is 12.7 Å². The molecule has 0 saturated heterocycles. The lowest BCUT2D eigenvalue weighted by Gasteiger charge is -2.08. The SMILES string of the molecule is COC(=O)c1ccc(CSCc2cc(=O)oc3cc(C)c(C)cc23)cc1. The van der Waals surface area contributed by atoms with Crippen molar-refractivity contribution in [3.63, 3.8) is 0 Å². The highest BCUT2D eigenvalue weighted by Gasteiger charge is 2.09. The second-order valence-corrected chi connectivity index (χ2v) is 7.19. The fraction of sp³-hybridized carbons (Fsp3) is 0.238. The highest BCUT2D eigenvalue weighted by atomic mass is 32.2. The topological polar surface area (TPSA) is 56.5 Å². The van der Waals surface area contributed by atoms with Crippen LogP contribution in [0.2, 0.25) is 0 Å². The first-order chi connectivity index (χ1) is 12.5. The Balaban J connectivity index is 1.74. The number of aryl methyl sites for hydroxylation is 2. The van der Waals surface area contributed by atoms with Gasteiger partial charge in [-0.1, -0.05) is 12.1 Å². The fourth-order valence-electron chi connectivity index (χ4n) is 2.74. The van der Waals surface area contributed by atoms with Gasteiger partial charge in [0.05, 0.1) is 12.7 Å². The summed E-state index contributed by atoms with van der Waals surface area (Å²) in [6.07, 6.45) is 0. The number of benzene rings is 2. The first kappa shape index (κ1) is 18.3. The Morgan fingerprint density at radius 2 is 1.73 bits per heavy atom. The number of carbonyl (C=O) groups excluding carboxylic acids is 1. The smallest absolute Gasteiger partial charge is 0.337 e. The second-order valence-electron chi connectivity index (χ2n) is 6.20. The molecule has 0 radical (unpaired) electrons. The van der Waals surface area contributed by atoms with Crippen molar-refractivity contribution in [3.8, 4) is 0 Å². The average Bonchev–Trinajstić information content (AvgIpc) is 2.63. The summed E-state index contributed by atoms with van der Waals surface area (Å²) in [7, 11) is 1.37. The third-order valence-electron chi connectivity index (χ3n) is 4.35. The Morgan fingerprint density at radius 1 is 1.04 bits per heavy atom. The molecule has 0 unspecified atom stereocenters. The highest BCUT2D eigenvalue weighted by molar-refractivity contribution is 7.97. The molecule has 0 saturated carbocycles. The van der Waals surface area contributed by atoms with Crippen LogP contribution in [-0.2, 0) is 16.2 Å². The van der Waals surface area contributed by atoms with Gasteiger partial charge in [-0.05, 0) is 60.4 Å². The van der Waals surface area contributed by atoms with E-state index in [9.17, 15) is 9.59 Å². The number of rotatable bonds is 5. The van der Waals surface area contributed by atoms with Gasteiger partial charge in [0.25, 0.3) is 0 Å². The summed E-state index contributed by atoms with van der Waals surface area (Å²) >= 11 is 1.72. The van der Waals surface area contributed by atoms with Crippen molar-refractivity contribution in [2.75, 3.05) is 7.11 Å². The van der Waals surface area contributed by atoms with Crippen LogP contribution < -0.4 is 5.63 Å². The minimum absolute atomic E-state index is 0.321. The molecular formula is C21H20O4S. The molecule has 2 aromatic carbocycles. The van der Waals surface area contributed by atoms with E-state index >= 15 is 0 Å². The molecule has 1 heterocycles. The number of esters is 1. The summed E-state index contributed by atoms with van der Waals surface area (Å²) in [5.41, 5.74) is 5.24. The number of hydrogen-bond acceptors (Lipinski definition) is 5. The first-order valence-electron chi connectivity index (χ1n) is 8.27. The third kappa shape index (κ3) is 3.99. The van der Waals surface area contributed by atoms with Crippen LogP contribution in [0.1, 0.15) is 32.6 Å². The van der Waals surface area contributed by atoms with Crippen LogP contribution in [-0.4, -0.2) is 13.1 Å². The quantitative estimate of drug-likeness (QED) is 0.485. The van der Waals surface area contributed by atoms with Crippen molar-refractivity contribution < 1.29 is 13.9 Å². The average molecular weight is 368 g/mol. The number of fused-ring (bicyclic) bond motifs is 1. The van der Waals surface area contributed by atoms with Gasteiger partial charge >= 0.3 is 11.6 Å². The lowest BCUT2D eigenvalue weighted by atomic mass is 10.0. The van der Waals surface area contributed by atoms with Gasteiger partial charge in [-0.15, -0.1) is 0 Å². The van der Waals surface area contributed by atoms with Crippen molar-refractivity contribution in [1.29, 1.82) is 0 Å². The maximum atomic E-state index is 11.8. The molecule has 1 aromatic heterocycles. The predicted octanol–water partition coefficient (Wildman–Crippen LogP) is 4.63. The van der Waals surface area contributed by atoms with Crippen LogP contribution in [0.3, 0.4) is 0 Å². The molecule has 3 aromatic rings. The molecule has 0 fully saturated rings. The number of ether oxygens (including phenoxy) is 1. The van der Waals surface area contributed by atoms with Crippen molar-refractivity contribution in [2.24, 2.45) is 0 Å². The molecule has 0 bridgehead atoms. The van der Waals surface area contributed by atoms with E-state index < -0.39 is 0 Å². The van der Waals surface area contributed by atoms with Gasteiger partial charge in [0.2, 0.25) is 0 Å². The molecule has 0 aliphatic rings. The number of carbonyl (C=O) groups is 1. The molecule has 0 N–H and O–H groups in total. The Bertz CT molecular complexity index is 1000. The molecule has 26 heavy (non-hydrogen) atoms. The molecule has 0 amide bonds. The molecule has 4 nitrogen and oxygen atoms in total. The predicted molar refractivity (Wildman–Crippen MR) is 105 cm³/mol. The van der Waals surface area contributed by atoms with Gasteiger partial charge in [-0.25, -0.2) is 9.59 Å². The van der Waals surface area contributed by atoms with Crippen LogP contribution in [0, 0.1) is 13.8 Å². The Kier molecular flexibility index (Phi) is 5.47. The third-order valence-corrected chi connectivity index (χ3v) is 5.40. The maximum Gasteiger partial charge on any atom is 0.337 e. The van der Waals surface area contributed by atoms with E-state index in [4.69, 9.17) is 9.15 Å². The van der Waals surface area contributed by atoms with E-state index in [1.807, 2.05) is 25.1 Å². The Morgan fingerprint density at radius 3 is 2.42 bits per heavy atom. The molecular weight excluding hydrogens is 348 g/mol. The fourth-order valence-corrected chi connectivity index (χ4v) is 3.73. The van der Waals surface area contributed by atoms with Gasteiger partial charge in [-0.2, -0.15) is 11.8 Å². The van der Waals surface area contributed by atoms with Gasteiger partial charge in [0.1, 0.15) is 5.58 Å². The zero-order chi connectivity index (χ0) is 18.7. The van der Waals surface area contributed by atoms with E-state index in [-0.39, 0.29) is 11.6 Å². The Hall–Kier alpha value is -2.53. The number of methoxy groups -OCH3 is 1. The lowest BCUT2D eigenvalue weighted by Crippen LogP contribution is -2.01. The Labute approximate surface area is 156 Å². The minimum Gasteiger partial charge on any atom is -0.465 e. The van der Waals surface area contributed by atoms with Crippen LogP contribution in [0.25, 0.3) is 11.0 Å². The minimum atomic E-state index is -0.336. The molecule has 0 aliphatic heterocycles. The van der Waals surface area contributed by atoms with E-state index in [1.54, 1.807) is 30.0 Å². The summed E-state index contributed by atoms with van der Waals surface area (Å²) in [5.74, 6) is 1.16. The molecule has 0 aliphatic carbocycles. The first-order valence-corrected chi connectivity index (χ1v) is 9.42. The van der Waals surface area contributed by atoms with Crippen molar-refractivity contribution in [2.45, 2.75) is 25.4 Å². The summed E-state index contributed by atoms with van der Waals surface area (Å²) in [5, 5.41) is 0.987. The standard InChI is InChI=1S/C21H20O4S/c1-13-8-18-17(10-20(22)25-19(18)9-14(13)2)12-26-11-15-4-6-16(7-5-15)21(23)24-3/h4-10H,11-12H2,1-3H3. The number of hydrogen-bond donors (Lipinski definition) is 0. The van der Waals surface area contributed by atoms with Gasteiger partial charge in [0, 0.05) is 23.0 Å². The zero-order valence-corrected chi connectivity index (χ0v) is 15.8. The molecule has 3 rings (SSSR count). The molecule has 5 heteroatoms. The lowest BCUT2D eigenvalue weighted by molar-refractivity contribution is 0.0600. The molecule has 0 spiro atoms.